The van der Waals surface area contributed by atoms with E-state index in [0.29, 0.717) is 6.04 Å². The largest absolute Gasteiger partial charge is 0.485 e. The summed E-state index contributed by atoms with van der Waals surface area (Å²) < 4.78 is 6.54. The van der Waals surface area contributed by atoms with Gasteiger partial charge in [0.05, 0.1) is 0 Å². The summed E-state index contributed by atoms with van der Waals surface area (Å²) in [6.45, 7) is 9.03. The van der Waals surface area contributed by atoms with Crippen LogP contribution in [-0.2, 0) is 0 Å². The average Bonchev–Trinajstić information content (AvgIpc) is 3.08. The zero-order valence-corrected chi connectivity index (χ0v) is 13.2. The molecule has 1 N–H and O–H groups in total. The lowest BCUT2D eigenvalue weighted by Crippen LogP contribution is -2.46. The van der Waals surface area contributed by atoms with Crippen LogP contribution in [-0.4, -0.2) is 36.7 Å². The number of ether oxygens (including phenoxy) is 1. The van der Waals surface area contributed by atoms with Crippen LogP contribution in [0.3, 0.4) is 0 Å². The highest BCUT2D eigenvalue weighted by atomic mass is 16.5. The lowest BCUT2D eigenvalue weighted by Gasteiger charge is -2.43. The maximum absolute atomic E-state index is 6.54. The highest BCUT2D eigenvalue weighted by Crippen LogP contribution is 2.47. The van der Waals surface area contributed by atoms with Gasteiger partial charge in [-0.05, 0) is 63.5 Å². The molecule has 1 spiro atoms. The van der Waals surface area contributed by atoms with Crippen molar-refractivity contribution >= 4 is 0 Å². The van der Waals surface area contributed by atoms with E-state index in [1.807, 2.05) is 0 Å². The van der Waals surface area contributed by atoms with Crippen molar-refractivity contribution in [2.45, 2.75) is 51.2 Å². The molecule has 0 aromatic heterocycles. The van der Waals surface area contributed by atoms with Crippen molar-refractivity contribution in [2.24, 2.45) is 0 Å². The minimum atomic E-state index is 0.0283. The molecular formula is C18H26N2O. The molecule has 3 aliphatic heterocycles. The lowest BCUT2D eigenvalue weighted by molar-refractivity contribution is 0.0224. The molecule has 0 amide bonds. The van der Waals surface area contributed by atoms with Gasteiger partial charge in [0.2, 0.25) is 0 Å². The van der Waals surface area contributed by atoms with Crippen molar-refractivity contribution in [3.8, 4) is 5.75 Å². The molecule has 2 saturated heterocycles. The van der Waals surface area contributed by atoms with Gasteiger partial charge in [-0.2, -0.15) is 0 Å². The molecule has 1 aromatic rings. The first kappa shape index (κ1) is 13.6. The summed E-state index contributed by atoms with van der Waals surface area (Å²) in [7, 11) is 0. The highest BCUT2D eigenvalue weighted by molar-refractivity contribution is 5.47. The van der Waals surface area contributed by atoms with Crippen LogP contribution >= 0.6 is 0 Å². The SMILES string of the molecule is Cc1cc(C)c2c(c1)OC1(CCNC1)CC2N1CCCC1. The average molecular weight is 286 g/mol. The second-order valence-corrected chi connectivity index (χ2v) is 7.17. The fourth-order valence-corrected chi connectivity index (χ4v) is 4.53. The summed E-state index contributed by atoms with van der Waals surface area (Å²) >= 11 is 0. The molecule has 114 valence electrons. The van der Waals surface area contributed by atoms with Gasteiger partial charge in [-0.1, -0.05) is 6.07 Å². The number of hydrogen-bond acceptors (Lipinski definition) is 3. The number of nitrogens with one attached hydrogen (secondary N) is 1. The number of fused-ring (bicyclic) bond motifs is 1. The fourth-order valence-electron chi connectivity index (χ4n) is 4.53. The first-order valence-corrected chi connectivity index (χ1v) is 8.42. The van der Waals surface area contributed by atoms with Crippen molar-refractivity contribution < 1.29 is 4.74 Å². The summed E-state index contributed by atoms with van der Waals surface area (Å²) in [5.74, 6) is 1.15. The van der Waals surface area contributed by atoms with Crippen LogP contribution in [0.1, 0.15) is 48.4 Å². The monoisotopic (exact) mass is 286 g/mol. The summed E-state index contributed by atoms with van der Waals surface area (Å²) in [4.78, 5) is 2.70. The quantitative estimate of drug-likeness (QED) is 0.859. The second kappa shape index (κ2) is 4.99. The Balaban J connectivity index is 1.78. The third-order valence-corrected chi connectivity index (χ3v) is 5.50. The van der Waals surface area contributed by atoms with Crippen LogP contribution in [0.5, 0.6) is 5.75 Å². The number of rotatable bonds is 1. The third kappa shape index (κ3) is 2.27. The minimum absolute atomic E-state index is 0.0283. The topological polar surface area (TPSA) is 24.5 Å². The van der Waals surface area contributed by atoms with E-state index in [2.05, 4.69) is 36.2 Å². The molecule has 0 aliphatic carbocycles. The Morgan fingerprint density at radius 1 is 1.24 bits per heavy atom. The van der Waals surface area contributed by atoms with Gasteiger partial charge in [-0.15, -0.1) is 0 Å². The minimum Gasteiger partial charge on any atom is -0.485 e. The van der Waals surface area contributed by atoms with Crippen molar-refractivity contribution in [2.75, 3.05) is 26.2 Å². The number of hydrogen-bond donors (Lipinski definition) is 1. The number of nitrogens with zero attached hydrogens (tertiary/aromatic N) is 1. The molecule has 0 saturated carbocycles. The van der Waals surface area contributed by atoms with Crippen molar-refractivity contribution in [1.82, 2.24) is 10.2 Å². The van der Waals surface area contributed by atoms with Gasteiger partial charge in [0.25, 0.3) is 0 Å². The molecule has 2 unspecified atom stereocenters. The Morgan fingerprint density at radius 2 is 2.05 bits per heavy atom. The van der Waals surface area contributed by atoms with Crippen LogP contribution in [0.15, 0.2) is 12.1 Å². The van der Waals surface area contributed by atoms with Crippen LogP contribution in [0.25, 0.3) is 0 Å². The van der Waals surface area contributed by atoms with E-state index in [1.54, 1.807) is 0 Å². The molecule has 3 heteroatoms. The Kier molecular flexibility index (Phi) is 3.23. The van der Waals surface area contributed by atoms with Crippen LogP contribution in [0.4, 0.5) is 0 Å². The molecule has 1 aromatic carbocycles. The van der Waals surface area contributed by atoms with E-state index < -0.39 is 0 Å². The van der Waals surface area contributed by atoms with E-state index >= 15 is 0 Å². The third-order valence-electron chi connectivity index (χ3n) is 5.50. The van der Waals surface area contributed by atoms with Gasteiger partial charge in [-0.25, -0.2) is 0 Å². The van der Waals surface area contributed by atoms with Gasteiger partial charge in [0, 0.05) is 31.0 Å². The molecule has 3 nitrogen and oxygen atoms in total. The Hall–Kier alpha value is -1.06. The standard InChI is InChI=1S/C18H26N2O/c1-13-9-14(2)17-15(20-7-3-4-8-20)11-18(5-6-19-12-18)21-16(17)10-13/h9-10,15,19H,3-8,11-12H2,1-2H3. The summed E-state index contributed by atoms with van der Waals surface area (Å²) in [5.41, 5.74) is 4.21. The maximum atomic E-state index is 6.54. The van der Waals surface area contributed by atoms with Crippen molar-refractivity contribution in [1.29, 1.82) is 0 Å². The van der Waals surface area contributed by atoms with Gasteiger partial charge >= 0.3 is 0 Å². The number of likely N-dealkylation sites (tertiary alicyclic amines) is 1. The van der Waals surface area contributed by atoms with E-state index in [1.165, 1.54) is 42.6 Å². The van der Waals surface area contributed by atoms with E-state index in [0.717, 1.165) is 31.7 Å². The van der Waals surface area contributed by atoms with Crippen molar-refractivity contribution in [3.63, 3.8) is 0 Å². The van der Waals surface area contributed by atoms with Crippen LogP contribution < -0.4 is 10.1 Å². The molecule has 2 fully saturated rings. The molecule has 3 aliphatic rings. The molecule has 4 rings (SSSR count). The molecule has 2 atom stereocenters. The molecular weight excluding hydrogens is 260 g/mol. The van der Waals surface area contributed by atoms with Gasteiger partial charge in [-0.3, -0.25) is 4.90 Å². The number of benzene rings is 1. The number of aryl methyl sites for hydroxylation is 2. The fraction of sp³-hybridized carbons (Fsp3) is 0.667. The van der Waals surface area contributed by atoms with E-state index in [-0.39, 0.29) is 5.60 Å². The predicted molar refractivity (Wildman–Crippen MR) is 84.9 cm³/mol. The molecule has 0 bridgehead atoms. The Morgan fingerprint density at radius 3 is 2.76 bits per heavy atom. The van der Waals surface area contributed by atoms with Crippen LogP contribution in [0.2, 0.25) is 0 Å². The Bertz CT molecular complexity index is 542. The van der Waals surface area contributed by atoms with Gasteiger partial charge in [0.1, 0.15) is 11.4 Å². The van der Waals surface area contributed by atoms with E-state index in [4.69, 9.17) is 4.74 Å². The normalized spacial score (nSPS) is 32.4. The second-order valence-electron chi connectivity index (χ2n) is 7.17. The summed E-state index contributed by atoms with van der Waals surface area (Å²) in [5, 5.41) is 3.51. The van der Waals surface area contributed by atoms with E-state index in [9.17, 15) is 0 Å². The van der Waals surface area contributed by atoms with Gasteiger partial charge < -0.3 is 10.1 Å². The first-order valence-electron chi connectivity index (χ1n) is 8.42. The maximum Gasteiger partial charge on any atom is 0.125 e. The van der Waals surface area contributed by atoms with Gasteiger partial charge in [0.15, 0.2) is 0 Å². The Labute approximate surface area is 127 Å². The predicted octanol–water partition coefficient (Wildman–Crippen LogP) is 2.95. The smallest absolute Gasteiger partial charge is 0.125 e. The zero-order valence-electron chi connectivity index (χ0n) is 13.2. The first-order chi connectivity index (χ1) is 10.2. The van der Waals surface area contributed by atoms with Crippen LogP contribution in [0, 0.1) is 13.8 Å². The highest BCUT2D eigenvalue weighted by Gasteiger charge is 2.45. The van der Waals surface area contributed by atoms with Crippen molar-refractivity contribution in [3.05, 3.63) is 28.8 Å². The summed E-state index contributed by atoms with van der Waals surface area (Å²) in [6.07, 6.45) is 4.99. The summed E-state index contributed by atoms with van der Waals surface area (Å²) in [6, 6.07) is 5.12. The molecule has 0 radical (unpaired) electrons. The molecule has 21 heavy (non-hydrogen) atoms. The molecule has 3 heterocycles. The zero-order chi connectivity index (χ0) is 14.4. The lowest BCUT2D eigenvalue weighted by atomic mass is 9.83.